The molecule has 0 saturated carbocycles. The standard InChI is InChI=1S/C12H19N3O3S/c1-7(12(17)18-4)5-19-6-10(16)13-11-8(2)14-15-9(11)3/h7H,5-6H2,1-4H3,(H,13,16)(H,14,15). The van der Waals surface area contributed by atoms with Crippen molar-refractivity contribution in [2.24, 2.45) is 5.92 Å². The molecule has 1 amide bonds. The third-order valence-electron chi connectivity index (χ3n) is 2.60. The minimum absolute atomic E-state index is 0.102. The molecule has 1 aromatic heterocycles. The molecule has 0 aliphatic heterocycles. The number of carbonyl (C=O) groups excluding carboxylic acids is 2. The lowest BCUT2D eigenvalue weighted by molar-refractivity contribution is -0.144. The van der Waals surface area contributed by atoms with Gasteiger partial charge in [0.05, 0.1) is 35.9 Å². The van der Waals surface area contributed by atoms with E-state index < -0.39 is 0 Å². The SMILES string of the molecule is COC(=O)C(C)CSCC(=O)Nc1c(C)n[nH]c1C. The van der Waals surface area contributed by atoms with Crippen LogP contribution < -0.4 is 5.32 Å². The molecule has 0 radical (unpaired) electrons. The van der Waals surface area contributed by atoms with E-state index >= 15 is 0 Å². The minimum atomic E-state index is -0.255. The largest absolute Gasteiger partial charge is 0.469 e. The quantitative estimate of drug-likeness (QED) is 0.774. The minimum Gasteiger partial charge on any atom is -0.469 e. The van der Waals surface area contributed by atoms with Crippen LogP contribution in [0.2, 0.25) is 0 Å². The topological polar surface area (TPSA) is 84.1 Å². The van der Waals surface area contributed by atoms with Crippen molar-refractivity contribution in [3.63, 3.8) is 0 Å². The van der Waals surface area contributed by atoms with Crippen LogP contribution in [0.15, 0.2) is 0 Å². The number of hydrogen-bond acceptors (Lipinski definition) is 5. The molecule has 0 aliphatic rings. The number of ether oxygens (including phenoxy) is 1. The highest BCUT2D eigenvalue weighted by atomic mass is 32.2. The number of aromatic amines is 1. The first-order valence-electron chi connectivity index (χ1n) is 5.92. The van der Waals surface area contributed by atoms with Crippen LogP contribution in [0.1, 0.15) is 18.3 Å². The number of amides is 1. The van der Waals surface area contributed by atoms with Crippen molar-refractivity contribution in [3.8, 4) is 0 Å². The number of nitrogens with one attached hydrogen (secondary N) is 2. The Morgan fingerprint density at radius 2 is 2.16 bits per heavy atom. The van der Waals surface area contributed by atoms with Crippen molar-refractivity contribution < 1.29 is 14.3 Å². The highest BCUT2D eigenvalue weighted by molar-refractivity contribution is 8.00. The van der Waals surface area contributed by atoms with Crippen LogP contribution in [0.5, 0.6) is 0 Å². The Balaban J connectivity index is 2.35. The van der Waals surface area contributed by atoms with E-state index in [-0.39, 0.29) is 17.8 Å². The number of H-pyrrole nitrogens is 1. The molecule has 0 fully saturated rings. The summed E-state index contributed by atoms with van der Waals surface area (Å²) in [6.45, 7) is 5.45. The number of carbonyl (C=O) groups is 2. The van der Waals surface area contributed by atoms with Crippen LogP contribution in [-0.4, -0.2) is 40.7 Å². The Labute approximate surface area is 116 Å². The fourth-order valence-electron chi connectivity index (χ4n) is 1.51. The summed E-state index contributed by atoms with van der Waals surface area (Å²) in [6, 6.07) is 0. The van der Waals surface area contributed by atoms with E-state index in [1.165, 1.54) is 18.9 Å². The number of anilines is 1. The number of rotatable bonds is 6. The molecule has 1 rings (SSSR count). The molecule has 1 atom stereocenters. The van der Waals surface area contributed by atoms with E-state index in [2.05, 4.69) is 20.3 Å². The third-order valence-corrected chi connectivity index (χ3v) is 3.80. The molecule has 7 heteroatoms. The average molecular weight is 285 g/mol. The fraction of sp³-hybridized carbons (Fsp3) is 0.583. The van der Waals surface area contributed by atoms with Crippen molar-refractivity contribution in [1.29, 1.82) is 0 Å². The van der Waals surface area contributed by atoms with E-state index in [0.717, 1.165) is 17.1 Å². The highest BCUT2D eigenvalue weighted by Gasteiger charge is 2.15. The molecular formula is C12H19N3O3S. The van der Waals surface area contributed by atoms with Crippen molar-refractivity contribution in [3.05, 3.63) is 11.4 Å². The predicted molar refractivity (Wildman–Crippen MR) is 75.2 cm³/mol. The summed E-state index contributed by atoms with van der Waals surface area (Å²) < 4.78 is 4.62. The van der Waals surface area contributed by atoms with Crippen LogP contribution >= 0.6 is 11.8 Å². The van der Waals surface area contributed by atoms with Crippen LogP contribution in [0, 0.1) is 19.8 Å². The number of hydrogen-bond donors (Lipinski definition) is 2. The Kier molecular flexibility index (Phi) is 5.88. The van der Waals surface area contributed by atoms with Gasteiger partial charge in [0.25, 0.3) is 0 Å². The summed E-state index contributed by atoms with van der Waals surface area (Å²) in [4.78, 5) is 22.9. The zero-order chi connectivity index (χ0) is 14.4. The lowest BCUT2D eigenvalue weighted by atomic mass is 10.2. The van der Waals surface area contributed by atoms with Crippen LogP contribution in [0.3, 0.4) is 0 Å². The van der Waals surface area contributed by atoms with Gasteiger partial charge < -0.3 is 10.1 Å². The number of esters is 1. The molecule has 0 aromatic carbocycles. The van der Waals surface area contributed by atoms with E-state index in [0.29, 0.717) is 11.5 Å². The van der Waals surface area contributed by atoms with Gasteiger partial charge >= 0.3 is 5.97 Å². The number of thioether (sulfide) groups is 1. The molecule has 6 nitrogen and oxygen atoms in total. The maximum atomic E-state index is 11.7. The Morgan fingerprint density at radius 1 is 1.47 bits per heavy atom. The summed E-state index contributed by atoms with van der Waals surface area (Å²) in [5.41, 5.74) is 2.32. The second-order valence-electron chi connectivity index (χ2n) is 4.30. The third kappa shape index (κ3) is 4.59. The zero-order valence-corrected chi connectivity index (χ0v) is 12.4. The van der Waals surface area contributed by atoms with Gasteiger partial charge in [-0.3, -0.25) is 14.7 Å². The summed E-state index contributed by atoms with van der Waals surface area (Å²) in [5, 5.41) is 9.62. The monoisotopic (exact) mass is 285 g/mol. The lowest BCUT2D eigenvalue weighted by Crippen LogP contribution is -2.18. The van der Waals surface area contributed by atoms with Gasteiger partial charge in [0.2, 0.25) is 5.91 Å². The Bertz CT molecular complexity index is 440. The molecule has 0 saturated heterocycles. The Hall–Kier alpha value is -1.50. The van der Waals surface area contributed by atoms with Gasteiger partial charge in [-0.1, -0.05) is 6.92 Å². The van der Waals surface area contributed by atoms with E-state index in [1.807, 2.05) is 13.8 Å². The second-order valence-corrected chi connectivity index (χ2v) is 5.33. The molecule has 19 heavy (non-hydrogen) atoms. The van der Waals surface area contributed by atoms with Gasteiger partial charge in [-0.2, -0.15) is 16.9 Å². The first kappa shape index (κ1) is 15.6. The summed E-state index contributed by atoms with van der Waals surface area (Å²) in [5.74, 6) is 0.291. The van der Waals surface area contributed by atoms with Gasteiger partial charge in [0.15, 0.2) is 0 Å². The van der Waals surface area contributed by atoms with Gasteiger partial charge in [-0.25, -0.2) is 0 Å². The van der Waals surface area contributed by atoms with Crippen molar-refractivity contribution >= 4 is 29.3 Å². The average Bonchev–Trinajstić information content (AvgIpc) is 2.69. The number of nitrogens with zero attached hydrogens (tertiary/aromatic N) is 1. The lowest BCUT2D eigenvalue weighted by Gasteiger charge is -2.09. The Morgan fingerprint density at radius 3 is 2.68 bits per heavy atom. The highest BCUT2D eigenvalue weighted by Crippen LogP contribution is 2.17. The molecule has 1 unspecified atom stereocenters. The maximum absolute atomic E-state index is 11.7. The maximum Gasteiger partial charge on any atom is 0.309 e. The van der Waals surface area contributed by atoms with Crippen LogP contribution in [-0.2, 0) is 14.3 Å². The predicted octanol–water partition coefficient (Wildman–Crippen LogP) is 1.51. The molecule has 1 heterocycles. The molecule has 2 N–H and O–H groups in total. The van der Waals surface area contributed by atoms with Crippen LogP contribution in [0.25, 0.3) is 0 Å². The van der Waals surface area contributed by atoms with Crippen molar-refractivity contribution in [2.45, 2.75) is 20.8 Å². The second kappa shape index (κ2) is 7.18. The number of aromatic nitrogens is 2. The molecule has 1 aromatic rings. The fourth-order valence-corrected chi connectivity index (χ4v) is 2.37. The van der Waals surface area contributed by atoms with Gasteiger partial charge in [-0.05, 0) is 13.8 Å². The van der Waals surface area contributed by atoms with E-state index in [1.54, 1.807) is 6.92 Å². The first-order valence-corrected chi connectivity index (χ1v) is 7.08. The summed E-state index contributed by atoms with van der Waals surface area (Å²) in [7, 11) is 1.36. The van der Waals surface area contributed by atoms with Crippen molar-refractivity contribution in [1.82, 2.24) is 10.2 Å². The van der Waals surface area contributed by atoms with Crippen LogP contribution in [0.4, 0.5) is 5.69 Å². The van der Waals surface area contributed by atoms with Crippen molar-refractivity contribution in [2.75, 3.05) is 23.9 Å². The molecular weight excluding hydrogens is 266 g/mol. The summed E-state index contributed by atoms with van der Waals surface area (Å²) >= 11 is 1.40. The molecule has 0 bridgehead atoms. The normalized spacial score (nSPS) is 12.0. The zero-order valence-electron chi connectivity index (χ0n) is 11.6. The smallest absolute Gasteiger partial charge is 0.309 e. The number of aryl methyl sites for hydroxylation is 2. The number of methoxy groups -OCH3 is 1. The van der Waals surface area contributed by atoms with Gasteiger partial charge in [-0.15, -0.1) is 0 Å². The molecule has 0 spiro atoms. The molecule has 106 valence electrons. The molecule has 0 aliphatic carbocycles. The van der Waals surface area contributed by atoms with Gasteiger partial charge in [0.1, 0.15) is 0 Å². The first-order chi connectivity index (χ1) is 8.95. The van der Waals surface area contributed by atoms with E-state index in [9.17, 15) is 9.59 Å². The van der Waals surface area contributed by atoms with Gasteiger partial charge in [0, 0.05) is 5.75 Å². The summed E-state index contributed by atoms with van der Waals surface area (Å²) in [6.07, 6.45) is 0. The van der Waals surface area contributed by atoms with E-state index in [4.69, 9.17) is 0 Å².